The van der Waals surface area contributed by atoms with Crippen molar-refractivity contribution in [2.75, 3.05) is 39.6 Å². The number of ether oxygens (including phenoxy) is 5. The maximum absolute atomic E-state index is 14.6. The van der Waals surface area contributed by atoms with Crippen molar-refractivity contribution >= 4 is 11.9 Å². The molecule has 0 radical (unpaired) electrons. The van der Waals surface area contributed by atoms with Crippen molar-refractivity contribution in [1.82, 2.24) is 0 Å². The topological polar surface area (TPSA) is 104 Å². The van der Waals surface area contributed by atoms with E-state index in [2.05, 4.69) is 6.58 Å². The lowest BCUT2D eigenvalue weighted by Crippen LogP contribution is -2.13. The molecule has 0 spiro atoms. The van der Waals surface area contributed by atoms with E-state index in [1.165, 1.54) is 24.3 Å². The minimum atomic E-state index is -0.704. The Balaban J connectivity index is 1.38. The summed E-state index contributed by atoms with van der Waals surface area (Å²) in [5, 5.41) is 8.90. The van der Waals surface area contributed by atoms with Gasteiger partial charge in [-0.15, -0.1) is 0 Å². The first-order valence-corrected chi connectivity index (χ1v) is 11.7. The van der Waals surface area contributed by atoms with Crippen molar-refractivity contribution < 1.29 is 37.7 Å². The molecule has 0 aromatic heterocycles. The molecule has 0 N–H and O–H groups in total. The van der Waals surface area contributed by atoms with E-state index in [1.807, 2.05) is 6.07 Å². The maximum atomic E-state index is 14.6. The molecule has 0 aliphatic carbocycles. The Morgan fingerprint density at radius 2 is 1.47 bits per heavy atom. The first-order chi connectivity index (χ1) is 18.5. The van der Waals surface area contributed by atoms with E-state index < -0.39 is 17.8 Å². The molecule has 0 amide bonds. The molecule has 0 aliphatic heterocycles. The number of esters is 2. The third-order valence-corrected chi connectivity index (χ3v) is 5.08. The Bertz CT molecular complexity index is 1270. The molecule has 0 fully saturated rings. The van der Waals surface area contributed by atoms with Crippen molar-refractivity contribution in [3.63, 3.8) is 0 Å². The molecule has 8 nitrogen and oxygen atoms in total. The quantitative estimate of drug-likeness (QED) is 0.130. The van der Waals surface area contributed by atoms with Gasteiger partial charge in [0, 0.05) is 6.08 Å². The number of nitriles is 1. The molecule has 0 aliphatic rings. The van der Waals surface area contributed by atoms with E-state index in [0.717, 1.165) is 11.6 Å². The van der Waals surface area contributed by atoms with E-state index in [1.54, 1.807) is 42.5 Å². The van der Waals surface area contributed by atoms with Crippen molar-refractivity contribution in [2.45, 2.75) is 0 Å². The first kappa shape index (κ1) is 28.1. The SMILES string of the molecule is C=CC(=O)OCCOCCOCCOc1ccc(C(=O)Oc2ccc(-c3ccc(C#N)cc3)cc2F)cc1. The number of carbonyl (C=O) groups excluding carboxylic acids is 2. The van der Waals surface area contributed by atoms with E-state index in [4.69, 9.17) is 28.9 Å². The van der Waals surface area contributed by atoms with Crippen LogP contribution in [0.15, 0.2) is 79.4 Å². The first-order valence-electron chi connectivity index (χ1n) is 11.7. The van der Waals surface area contributed by atoms with Crippen molar-refractivity contribution in [3.8, 4) is 28.7 Å². The van der Waals surface area contributed by atoms with Gasteiger partial charge in [0.1, 0.15) is 19.0 Å². The standard InChI is InChI=1S/C29H26FNO7/c1-2-28(32)37-18-16-35-14-13-34-15-17-36-25-10-7-23(8-11-25)29(33)38-27-12-9-24(19-26(27)30)22-5-3-21(20-31)4-6-22/h2-12,19H,1,13-18H2. The Hall–Kier alpha value is -4.52. The largest absolute Gasteiger partial charge is 0.491 e. The van der Waals surface area contributed by atoms with Crippen LogP contribution in [-0.4, -0.2) is 51.6 Å². The molecule has 3 aromatic carbocycles. The van der Waals surface area contributed by atoms with Crippen LogP contribution in [0.1, 0.15) is 15.9 Å². The maximum Gasteiger partial charge on any atom is 0.343 e. The van der Waals surface area contributed by atoms with Gasteiger partial charge in [-0.25, -0.2) is 14.0 Å². The molecule has 0 atom stereocenters. The fourth-order valence-corrected chi connectivity index (χ4v) is 3.15. The predicted octanol–water partition coefficient (Wildman–Crippen LogP) is 4.72. The predicted molar refractivity (Wildman–Crippen MR) is 136 cm³/mol. The molecule has 3 aromatic rings. The second-order valence-electron chi connectivity index (χ2n) is 7.69. The summed E-state index contributed by atoms with van der Waals surface area (Å²) >= 11 is 0. The van der Waals surface area contributed by atoms with Gasteiger partial charge in [-0.3, -0.25) is 0 Å². The van der Waals surface area contributed by atoms with Gasteiger partial charge in [0.25, 0.3) is 0 Å². The summed E-state index contributed by atoms with van der Waals surface area (Å²) in [6.07, 6.45) is 1.09. The van der Waals surface area contributed by atoms with E-state index in [9.17, 15) is 14.0 Å². The Morgan fingerprint density at radius 3 is 2.11 bits per heavy atom. The minimum absolute atomic E-state index is 0.151. The highest BCUT2D eigenvalue weighted by atomic mass is 19.1. The van der Waals surface area contributed by atoms with E-state index in [0.29, 0.717) is 36.7 Å². The summed E-state index contributed by atoms with van der Waals surface area (Å²) < 4.78 is 40.8. The minimum Gasteiger partial charge on any atom is -0.491 e. The summed E-state index contributed by atoms with van der Waals surface area (Å²) in [7, 11) is 0. The van der Waals surface area contributed by atoms with Crippen LogP contribution < -0.4 is 9.47 Å². The molecular weight excluding hydrogens is 493 g/mol. The Morgan fingerprint density at radius 1 is 0.842 bits per heavy atom. The monoisotopic (exact) mass is 519 g/mol. The van der Waals surface area contributed by atoms with Crippen molar-refractivity contribution in [2.24, 2.45) is 0 Å². The van der Waals surface area contributed by atoms with Gasteiger partial charge in [-0.2, -0.15) is 5.26 Å². The van der Waals surface area contributed by atoms with Crippen LogP contribution in [0.3, 0.4) is 0 Å². The van der Waals surface area contributed by atoms with Crippen LogP contribution in [0.2, 0.25) is 0 Å². The molecule has 3 rings (SSSR count). The fourth-order valence-electron chi connectivity index (χ4n) is 3.15. The van der Waals surface area contributed by atoms with Crippen LogP contribution in [0.5, 0.6) is 11.5 Å². The average molecular weight is 520 g/mol. The molecule has 38 heavy (non-hydrogen) atoms. The molecule has 0 bridgehead atoms. The summed E-state index contributed by atoms with van der Waals surface area (Å²) in [5.41, 5.74) is 2.07. The van der Waals surface area contributed by atoms with Crippen LogP contribution in [-0.2, 0) is 19.0 Å². The summed E-state index contributed by atoms with van der Waals surface area (Å²) in [5.74, 6) is -1.53. The van der Waals surface area contributed by atoms with E-state index in [-0.39, 0.29) is 31.1 Å². The third-order valence-electron chi connectivity index (χ3n) is 5.08. The zero-order chi connectivity index (χ0) is 27.2. The number of rotatable bonds is 14. The van der Waals surface area contributed by atoms with Crippen molar-refractivity contribution in [1.29, 1.82) is 5.26 Å². The van der Waals surface area contributed by atoms with Crippen LogP contribution in [0, 0.1) is 17.1 Å². The van der Waals surface area contributed by atoms with E-state index >= 15 is 0 Å². The van der Waals surface area contributed by atoms with Crippen molar-refractivity contribution in [3.05, 3.63) is 96.3 Å². The van der Waals surface area contributed by atoms with Crippen LogP contribution >= 0.6 is 0 Å². The number of nitrogens with zero attached hydrogens (tertiary/aromatic N) is 1. The van der Waals surface area contributed by atoms with Gasteiger partial charge in [0.05, 0.1) is 43.6 Å². The Labute approximate surface area is 219 Å². The summed E-state index contributed by atoms with van der Waals surface area (Å²) in [4.78, 5) is 23.3. The smallest absolute Gasteiger partial charge is 0.343 e. The lowest BCUT2D eigenvalue weighted by Gasteiger charge is -2.10. The molecular formula is C29H26FNO7. The lowest BCUT2D eigenvalue weighted by atomic mass is 10.0. The summed E-state index contributed by atoms with van der Waals surface area (Å²) in [6, 6.07) is 19.3. The van der Waals surface area contributed by atoms with Gasteiger partial charge in [-0.1, -0.05) is 24.8 Å². The molecule has 196 valence electrons. The van der Waals surface area contributed by atoms with Gasteiger partial charge in [-0.05, 0) is 59.7 Å². The number of hydrogen-bond acceptors (Lipinski definition) is 8. The lowest BCUT2D eigenvalue weighted by molar-refractivity contribution is -0.139. The third kappa shape index (κ3) is 8.85. The van der Waals surface area contributed by atoms with Gasteiger partial charge >= 0.3 is 11.9 Å². The molecule has 0 heterocycles. The number of hydrogen-bond donors (Lipinski definition) is 0. The highest BCUT2D eigenvalue weighted by Gasteiger charge is 2.13. The van der Waals surface area contributed by atoms with Gasteiger partial charge in [0.15, 0.2) is 11.6 Å². The Kier molecular flexibility index (Phi) is 11.0. The zero-order valence-corrected chi connectivity index (χ0v) is 20.6. The average Bonchev–Trinajstić information content (AvgIpc) is 2.95. The molecule has 0 saturated heterocycles. The normalized spacial score (nSPS) is 10.3. The van der Waals surface area contributed by atoms with Crippen LogP contribution in [0.4, 0.5) is 4.39 Å². The fraction of sp³-hybridized carbons (Fsp3) is 0.207. The number of benzene rings is 3. The molecule has 9 heteroatoms. The van der Waals surface area contributed by atoms with Gasteiger partial charge in [0.2, 0.25) is 0 Å². The highest BCUT2D eigenvalue weighted by Crippen LogP contribution is 2.26. The molecule has 0 unspecified atom stereocenters. The molecule has 0 saturated carbocycles. The summed E-state index contributed by atoms with van der Waals surface area (Å²) in [6.45, 7) is 5.04. The zero-order valence-electron chi connectivity index (χ0n) is 20.6. The van der Waals surface area contributed by atoms with Crippen LogP contribution in [0.25, 0.3) is 11.1 Å². The number of halogens is 1. The highest BCUT2D eigenvalue weighted by molar-refractivity contribution is 5.91. The second kappa shape index (κ2) is 14.9. The second-order valence-corrected chi connectivity index (χ2v) is 7.69. The number of carbonyl (C=O) groups is 2. The van der Waals surface area contributed by atoms with Gasteiger partial charge < -0.3 is 23.7 Å².